The van der Waals surface area contributed by atoms with E-state index in [9.17, 15) is 4.79 Å². The largest absolute Gasteiger partial charge is 0.485 e. The summed E-state index contributed by atoms with van der Waals surface area (Å²) in [4.78, 5) is 10.7. The molecule has 0 radical (unpaired) electrons. The lowest BCUT2D eigenvalue weighted by atomic mass is 10.2. The zero-order valence-electron chi connectivity index (χ0n) is 9.44. The minimum Gasteiger partial charge on any atom is -0.485 e. The second-order valence-electron chi connectivity index (χ2n) is 3.65. The van der Waals surface area contributed by atoms with Gasteiger partial charge >= 0.3 is 0 Å². The first-order chi connectivity index (χ1) is 8.60. The van der Waals surface area contributed by atoms with Gasteiger partial charge < -0.3 is 9.26 Å². The molecule has 0 fully saturated rings. The van der Waals surface area contributed by atoms with Crippen LogP contribution in [-0.2, 0) is 6.61 Å². The van der Waals surface area contributed by atoms with Crippen LogP contribution in [0, 0.1) is 6.92 Å². The van der Waals surface area contributed by atoms with E-state index in [1.54, 1.807) is 12.1 Å². The van der Waals surface area contributed by atoms with Crippen LogP contribution in [-0.4, -0.2) is 11.4 Å². The molecule has 0 aliphatic carbocycles. The summed E-state index contributed by atoms with van der Waals surface area (Å²) in [5, 5.41) is 3.84. The van der Waals surface area contributed by atoms with E-state index in [-0.39, 0.29) is 0 Å². The number of hydrogen-bond acceptors (Lipinski definition) is 4. The van der Waals surface area contributed by atoms with Crippen LogP contribution >= 0.6 is 31.9 Å². The molecule has 0 saturated carbocycles. The normalized spacial score (nSPS) is 10.4. The number of ether oxygens (including phenoxy) is 1. The number of carbonyl (C=O) groups excluding carboxylic acids is 1. The van der Waals surface area contributed by atoms with Crippen molar-refractivity contribution >= 4 is 38.1 Å². The Labute approximate surface area is 121 Å². The van der Waals surface area contributed by atoms with E-state index in [2.05, 4.69) is 37.0 Å². The Morgan fingerprint density at radius 1 is 1.33 bits per heavy atom. The minimum absolute atomic E-state index is 0.301. The molecule has 0 bridgehead atoms. The fourth-order valence-electron chi connectivity index (χ4n) is 1.42. The van der Waals surface area contributed by atoms with Crippen molar-refractivity contribution in [3.63, 3.8) is 0 Å². The first-order valence-electron chi connectivity index (χ1n) is 5.09. The summed E-state index contributed by atoms with van der Waals surface area (Å²) >= 11 is 6.72. The molecule has 1 heterocycles. The van der Waals surface area contributed by atoms with Crippen molar-refractivity contribution in [2.45, 2.75) is 13.5 Å². The van der Waals surface area contributed by atoms with Crippen LogP contribution in [0.25, 0.3) is 0 Å². The van der Waals surface area contributed by atoms with E-state index in [0.29, 0.717) is 32.6 Å². The number of aromatic nitrogens is 1. The Balaban J connectivity index is 2.16. The Bertz CT molecular complexity index is 557. The van der Waals surface area contributed by atoms with Crippen molar-refractivity contribution in [1.29, 1.82) is 0 Å². The lowest BCUT2D eigenvalue weighted by molar-refractivity contribution is 0.112. The predicted octanol–water partition coefficient (Wildman–Crippen LogP) is 3.90. The van der Waals surface area contributed by atoms with Crippen LogP contribution in [0.4, 0.5) is 0 Å². The van der Waals surface area contributed by atoms with Gasteiger partial charge in [-0.25, -0.2) is 0 Å². The zero-order chi connectivity index (χ0) is 13.1. The van der Waals surface area contributed by atoms with Crippen molar-refractivity contribution in [1.82, 2.24) is 5.16 Å². The number of halogens is 2. The van der Waals surface area contributed by atoms with Crippen LogP contribution < -0.4 is 4.74 Å². The molecule has 4 nitrogen and oxygen atoms in total. The second-order valence-corrected chi connectivity index (χ2v) is 5.36. The van der Waals surface area contributed by atoms with Crippen molar-refractivity contribution in [3.05, 3.63) is 44.2 Å². The SMILES string of the molecule is Cc1cc(COc2c(Br)cc(C=O)cc2Br)no1. The molecule has 0 atom stereocenters. The zero-order valence-corrected chi connectivity index (χ0v) is 12.6. The molecule has 1 aromatic carbocycles. The maximum atomic E-state index is 10.7. The van der Waals surface area contributed by atoms with Crippen LogP contribution in [0.2, 0.25) is 0 Å². The monoisotopic (exact) mass is 373 g/mol. The average molecular weight is 375 g/mol. The Hall–Kier alpha value is -1.14. The third kappa shape index (κ3) is 3.00. The van der Waals surface area contributed by atoms with Gasteiger partial charge in [0.15, 0.2) is 0 Å². The van der Waals surface area contributed by atoms with Gasteiger partial charge in [-0.15, -0.1) is 0 Å². The van der Waals surface area contributed by atoms with Crippen molar-refractivity contribution in [2.75, 3.05) is 0 Å². The number of aldehydes is 1. The molecule has 0 aliphatic rings. The fraction of sp³-hybridized carbons (Fsp3) is 0.167. The number of benzene rings is 1. The standard InChI is InChI=1S/C12H9Br2NO3/c1-7-2-9(15-18-7)6-17-12-10(13)3-8(5-16)4-11(12)14/h2-5H,6H2,1H3. The third-order valence-corrected chi connectivity index (χ3v) is 3.38. The first kappa shape index (κ1) is 13.3. The minimum atomic E-state index is 0.301. The lowest BCUT2D eigenvalue weighted by Crippen LogP contribution is -1.97. The van der Waals surface area contributed by atoms with E-state index in [4.69, 9.17) is 9.26 Å². The van der Waals surface area contributed by atoms with Gasteiger partial charge in [0.1, 0.15) is 30.1 Å². The summed E-state index contributed by atoms with van der Waals surface area (Å²) in [5.74, 6) is 1.37. The summed E-state index contributed by atoms with van der Waals surface area (Å²) in [5.41, 5.74) is 1.28. The first-order valence-corrected chi connectivity index (χ1v) is 6.68. The van der Waals surface area contributed by atoms with Crippen molar-refractivity contribution < 1.29 is 14.1 Å². The topological polar surface area (TPSA) is 52.3 Å². The van der Waals surface area contributed by atoms with Gasteiger partial charge in [-0.3, -0.25) is 4.79 Å². The highest BCUT2D eigenvalue weighted by molar-refractivity contribution is 9.11. The average Bonchev–Trinajstić information content (AvgIpc) is 2.73. The van der Waals surface area contributed by atoms with E-state index in [1.165, 1.54) is 0 Å². The molecule has 18 heavy (non-hydrogen) atoms. The van der Waals surface area contributed by atoms with E-state index >= 15 is 0 Å². The summed E-state index contributed by atoms with van der Waals surface area (Å²) in [6.45, 7) is 2.12. The molecule has 0 N–H and O–H groups in total. The molecular formula is C12H9Br2NO3. The Kier molecular flexibility index (Phi) is 4.19. The quantitative estimate of drug-likeness (QED) is 0.761. The highest BCUT2D eigenvalue weighted by Crippen LogP contribution is 2.34. The van der Waals surface area contributed by atoms with Gasteiger partial charge in [-0.2, -0.15) is 0 Å². The highest BCUT2D eigenvalue weighted by Gasteiger charge is 2.10. The molecule has 6 heteroatoms. The molecule has 94 valence electrons. The molecule has 2 aromatic rings. The predicted molar refractivity (Wildman–Crippen MR) is 72.8 cm³/mol. The summed E-state index contributed by atoms with van der Waals surface area (Å²) < 4.78 is 12.0. The molecule has 0 spiro atoms. The second kappa shape index (κ2) is 5.67. The highest BCUT2D eigenvalue weighted by atomic mass is 79.9. The third-order valence-electron chi connectivity index (χ3n) is 2.20. The van der Waals surface area contributed by atoms with Crippen LogP contribution in [0.15, 0.2) is 31.7 Å². The van der Waals surface area contributed by atoms with E-state index in [0.717, 1.165) is 12.0 Å². The van der Waals surface area contributed by atoms with E-state index in [1.807, 2.05) is 13.0 Å². The van der Waals surface area contributed by atoms with Crippen LogP contribution in [0.1, 0.15) is 21.8 Å². The smallest absolute Gasteiger partial charge is 0.150 e. The Morgan fingerprint density at radius 2 is 2.00 bits per heavy atom. The maximum absolute atomic E-state index is 10.7. The van der Waals surface area contributed by atoms with Crippen molar-refractivity contribution in [3.8, 4) is 5.75 Å². The summed E-state index contributed by atoms with van der Waals surface area (Å²) in [6.07, 6.45) is 0.778. The summed E-state index contributed by atoms with van der Waals surface area (Å²) in [6, 6.07) is 5.20. The van der Waals surface area contributed by atoms with Crippen molar-refractivity contribution in [2.24, 2.45) is 0 Å². The molecule has 0 unspecified atom stereocenters. The summed E-state index contributed by atoms with van der Waals surface area (Å²) in [7, 11) is 0. The number of nitrogens with zero attached hydrogens (tertiary/aromatic N) is 1. The number of rotatable bonds is 4. The van der Waals surface area contributed by atoms with Gasteiger partial charge in [0.25, 0.3) is 0 Å². The van der Waals surface area contributed by atoms with Gasteiger partial charge in [-0.05, 0) is 50.9 Å². The fourth-order valence-corrected chi connectivity index (χ4v) is 2.87. The Morgan fingerprint density at radius 3 is 2.50 bits per heavy atom. The maximum Gasteiger partial charge on any atom is 0.150 e. The van der Waals surface area contributed by atoms with Gasteiger partial charge in [-0.1, -0.05) is 5.16 Å². The van der Waals surface area contributed by atoms with Gasteiger partial charge in [0.05, 0.1) is 8.95 Å². The van der Waals surface area contributed by atoms with Crippen LogP contribution in [0.5, 0.6) is 5.75 Å². The molecule has 1 aromatic heterocycles. The lowest BCUT2D eigenvalue weighted by Gasteiger charge is -2.09. The van der Waals surface area contributed by atoms with Crippen LogP contribution in [0.3, 0.4) is 0 Å². The van der Waals surface area contributed by atoms with Gasteiger partial charge in [0.2, 0.25) is 0 Å². The molecule has 0 aliphatic heterocycles. The number of carbonyl (C=O) groups is 1. The molecule has 0 amide bonds. The molecule has 2 rings (SSSR count). The van der Waals surface area contributed by atoms with Gasteiger partial charge in [0, 0.05) is 11.6 Å². The number of hydrogen-bond donors (Lipinski definition) is 0. The molecule has 0 saturated heterocycles. The van der Waals surface area contributed by atoms with E-state index < -0.39 is 0 Å². The number of aryl methyl sites for hydroxylation is 1. The molecular weight excluding hydrogens is 366 g/mol.